The zero-order chi connectivity index (χ0) is 11.4. The predicted octanol–water partition coefficient (Wildman–Crippen LogP) is 1.53. The molecule has 2 nitrogen and oxygen atoms in total. The van der Waals surface area contributed by atoms with Crippen LogP contribution in [-0.2, 0) is 6.54 Å². The van der Waals surface area contributed by atoms with Crippen LogP contribution >= 0.6 is 9.24 Å². The van der Waals surface area contributed by atoms with Crippen LogP contribution in [0.1, 0.15) is 24.8 Å². The Labute approximate surface area is 99.9 Å². The number of rotatable bonds is 3. The minimum Gasteiger partial charge on any atom is -0.395 e. The lowest BCUT2D eigenvalue weighted by Gasteiger charge is -2.34. The van der Waals surface area contributed by atoms with E-state index in [1.54, 1.807) is 0 Å². The third-order valence-corrected chi connectivity index (χ3v) is 3.71. The normalized spacial score (nSPS) is 22.2. The van der Waals surface area contributed by atoms with Crippen molar-refractivity contribution in [2.24, 2.45) is 0 Å². The first-order valence-corrected chi connectivity index (χ1v) is 6.56. The van der Waals surface area contributed by atoms with E-state index >= 15 is 0 Å². The largest absolute Gasteiger partial charge is 0.395 e. The van der Waals surface area contributed by atoms with Gasteiger partial charge in [0.2, 0.25) is 0 Å². The van der Waals surface area contributed by atoms with E-state index < -0.39 is 0 Å². The van der Waals surface area contributed by atoms with Crippen LogP contribution in [0.15, 0.2) is 24.3 Å². The van der Waals surface area contributed by atoms with Crippen molar-refractivity contribution < 1.29 is 5.11 Å². The average molecular weight is 237 g/mol. The quantitative estimate of drug-likeness (QED) is 0.806. The van der Waals surface area contributed by atoms with Crippen LogP contribution in [0.4, 0.5) is 0 Å². The Morgan fingerprint density at radius 1 is 1.25 bits per heavy atom. The molecule has 0 bridgehead atoms. The minimum absolute atomic E-state index is 0.293. The van der Waals surface area contributed by atoms with E-state index in [4.69, 9.17) is 0 Å². The molecule has 1 saturated heterocycles. The summed E-state index contributed by atoms with van der Waals surface area (Å²) in [4.78, 5) is 2.40. The Bertz CT molecular complexity index is 325. The number of piperidine rings is 1. The molecule has 0 saturated carbocycles. The summed E-state index contributed by atoms with van der Waals surface area (Å²) in [6.07, 6.45) is 3.66. The van der Waals surface area contributed by atoms with Crippen molar-refractivity contribution in [3.8, 4) is 0 Å². The highest BCUT2D eigenvalue weighted by Gasteiger charge is 2.21. The number of aliphatic hydroxyl groups excluding tert-OH is 1. The van der Waals surface area contributed by atoms with Crippen LogP contribution in [-0.4, -0.2) is 29.2 Å². The van der Waals surface area contributed by atoms with Gasteiger partial charge in [0, 0.05) is 12.6 Å². The highest BCUT2D eigenvalue weighted by Crippen LogP contribution is 2.19. The fourth-order valence-electron chi connectivity index (χ4n) is 2.33. The molecular formula is C13H20NOP. The second-order valence-electron chi connectivity index (χ2n) is 4.54. The van der Waals surface area contributed by atoms with Gasteiger partial charge in [-0.25, -0.2) is 0 Å². The van der Waals surface area contributed by atoms with Gasteiger partial charge < -0.3 is 5.11 Å². The summed E-state index contributed by atoms with van der Waals surface area (Å²) in [6.45, 7) is 2.38. The fraction of sp³-hybridized carbons (Fsp3) is 0.538. The van der Waals surface area contributed by atoms with E-state index in [0.717, 1.165) is 19.5 Å². The van der Waals surface area contributed by atoms with E-state index in [-0.39, 0.29) is 0 Å². The molecule has 2 atom stereocenters. The molecule has 1 fully saturated rings. The van der Waals surface area contributed by atoms with Crippen molar-refractivity contribution >= 4 is 14.5 Å². The van der Waals surface area contributed by atoms with Crippen LogP contribution < -0.4 is 5.30 Å². The number of hydrogen-bond acceptors (Lipinski definition) is 2. The molecule has 1 aliphatic rings. The third kappa shape index (κ3) is 3.04. The zero-order valence-electron chi connectivity index (χ0n) is 9.60. The summed E-state index contributed by atoms with van der Waals surface area (Å²) in [5, 5.41) is 10.6. The first-order chi connectivity index (χ1) is 7.79. The standard InChI is InChI=1S/C13H20NOP/c15-10-12-3-1-2-8-14(12)9-11-4-6-13(16)7-5-11/h4-7,12,15H,1-3,8-10,16H2. The summed E-state index contributed by atoms with van der Waals surface area (Å²) >= 11 is 0. The topological polar surface area (TPSA) is 23.5 Å². The molecule has 2 unspecified atom stereocenters. The molecule has 2 rings (SSSR count). The maximum Gasteiger partial charge on any atom is 0.0586 e. The maximum atomic E-state index is 9.34. The van der Waals surface area contributed by atoms with E-state index in [1.807, 2.05) is 0 Å². The van der Waals surface area contributed by atoms with E-state index in [1.165, 1.54) is 23.7 Å². The number of benzene rings is 1. The van der Waals surface area contributed by atoms with Gasteiger partial charge in [-0.05, 0) is 30.3 Å². The summed E-state index contributed by atoms with van der Waals surface area (Å²) in [5.41, 5.74) is 1.34. The number of aliphatic hydroxyl groups is 1. The molecular weight excluding hydrogens is 217 g/mol. The Kier molecular flexibility index (Phi) is 4.34. The van der Waals surface area contributed by atoms with Gasteiger partial charge in [-0.15, -0.1) is 9.24 Å². The molecule has 88 valence electrons. The molecule has 0 aromatic heterocycles. The lowest BCUT2D eigenvalue weighted by Crippen LogP contribution is -2.41. The molecule has 0 aliphatic carbocycles. The van der Waals surface area contributed by atoms with Crippen molar-refractivity contribution in [3.63, 3.8) is 0 Å². The SMILES string of the molecule is OCC1CCCCN1Cc1ccc(P)cc1. The molecule has 1 N–H and O–H groups in total. The first-order valence-electron chi connectivity index (χ1n) is 5.99. The number of nitrogens with zero attached hydrogens (tertiary/aromatic N) is 1. The van der Waals surface area contributed by atoms with Crippen LogP contribution in [0.25, 0.3) is 0 Å². The van der Waals surface area contributed by atoms with Gasteiger partial charge in [0.15, 0.2) is 0 Å². The molecule has 16 heavy (non-hydrogen) atoms. The second kappa shape index (κ2) is 5.77. The van der Waals surface area contributed by atoms with Gasteiger partial charge in [-0.2, -0.15) is 0 Å². The van der Waals surface area contributed by atoms with Crippen molar-refractivity contribution in [2.75, 3.05) is 13.2 Å². The highest BCUT2D eigenvalue weighted by atomic mass is 31.0. The minimum atomic E-state index is 0.293. The third-order valence-electron chi connectivity index (χ3n) is 3.33. The van der Waals surface area contributed by atoms with Gasteiger partial charge in [-0.3, -0.25) is 4.90 Å². The Morgan fingerprint density at radius 3 is 2.69 bits per heavy atom. The number of hydrogen-bond donors (Lipinski definition) is 1. The molecule has 1 aromatic carbocycles. The lowest BCUT2D eigenvalue weighted by atomic mass is 10.0. The van der Waals surface area contributed by atoms with E-state index in [0.29, 0.717) is 12.6 Å². The van der Waals surface area contributed by atoms with E-state index in [2.05, 4.69) is 38.4 Å². The number of likely N-dealkylation sites (tertiary alicyclic amines) is 1. The smallest absolute Gasteiger partial charge is 0.0586 e. The molecule has 1 aromatic rings. The van der Waals surface area contributed by atoms with Crippen molar-refractivity contribution in [2.45, 2.75) is 31.8 Å². The van der Waals surface area contributed by atoms with Crippen molar-refractivity contribution in [1.29, 1.82) is 0 Å². The summed E-state index contributed by atoms with van der Waals surface area (Å²) < 4.78 is 0. The van der Waals surface area contributed by atoms with Crippen LogP contribution in [0.5, 0.6) is 0 Å². The Morgan fingerprint density at radius 2 is 2.00 bits per heavy atom. The molecule has 3 heteroatoms. The van der Waals surface area contributed by atoms with Crippen LogP contribution in [0.3, 0.4) is 0 Å². The van der Waals surface area contributed by atoms with Crippen molar-refractivity contribution in [1.82, 2.24) is 4.90 Å². The second-order valence-corrected chi connectivity index (χ2v) is 5.21. The molecule has 0 spiro atoms. The lowest BCUT2D eigenvalue weighted by molar-refractivity contribution is 0.0841. The van der Waals surface area contributed by atoms with Crippen LogP contribution in [0.2, 0.25) is 0 Å². The summed E-state index contributed by atoms with van der Waals surface area (Å²) in [7, 11) is 2.70. The molecule has 0 amide bonds. The van der Waals surface area contributed by atoms with Gasteiger partial charge in [-0.1, -0.05) is 30.7 Å². The van der Waals surface area contributed by atoms with Gasteiger partial charge >= 0.3 is 0 Å². The summed E-state index contributed by atoms with van der Waals surface area (Å²) in [6, 6.07) is 8.96. The monoisotopic (exact) mass is 237 g/mol. The fourth-order valence-corrected chi connectivity index (χ4v) is 2.52. The summed E-state index contributed by atoms with van der Waals surface area (Å²) in [5.74, 6) is 0. The van der Waals surface area contributed by atoms with Gasteiger partial charge in [0.25, 0.3) is 0 Å². The first kappa shape index (κ1) is 12.0. The Balaban J connectivity index is 1.99. The van der Waals surface area contributed by atoms with Crippen LogP contribution in [0, 0.1) is 0 Å². The molecule has 1 aliphatic heterocycles. The van der Waals surface area contributed by atoms with E-state index in [9.17, 15) is 5.11 Å². The molecule has 1 heterocycles. The van der Waals surface area contributed by atoms with Gasteiger partial charge in [0.1, 0.15) is 0 Å². The predicted molar refractivity (Wildman–Crippen MR) is 70.9 cm³/mol. The van der Waals surface area contributed by atoms with Gasteiger partial charge in [0.05, 0.1) is 6.61 Å². The molecule has 0 radical (unpaired) electrons. The average Bonchev–Trinajstić information content (AvgIpc) is 2.33. The highest BCUT2D eigenvalue weighted by molar-refractivity contribution is 7.27. The Hall–Kier alpha value is -0.430. The van der Waals surface area contributed by atoms with Crippen molar-refractivity contribution in [3.05, 3.63) is 29.8 Å². The maximum absolute atomic E-state index is 9.34. The zero-order valence-corrected chi connectivity index (χ0v) is 10.8.